The maximum absolute atomic E-state index is 12.0. The first-order valence-electron chi connectivity index (χ1n) is 6.50. The van der Waals surface area contributed by atoms with Crippen molar-refractivity contribution in [3.8, 4) is 0 Å². The van der Waals surface area contributed by atoms with Crippen molar-refractivity contribution < 1.29 is 9.53 Å². The molecule has 1 aliphatic rings. The molecule has 1 aliphatic heterocycles. The van der Waals surface area contributed by atoms with Crippen LogP contribution in [0.4, 0.5) is 0 Å². The molecule has 0 unspecified atom stereocenters. The van der Waals surface area contributed by atoms with Gasteiger partial charge in [-0.25, -0.2) is 4.79 Å². The van der Waals surface area contributed by atoms with Gasteiger partial charge >= 0.3 is 5.97 Å². The first-order chi connectivity index (χ1) is 8.46. The molecule has 3 nitrogen and oxygen atoms in total. The van der Waals surface area contributed by atoms with Crippen molar-refractivity contribution in [2.45, 2.75) is 51.3 Å². The van der Waals surface area contributed by atoms with Crippen LogP contribution < -0.4 is 5.32 Å². The van der Waals surface area contributed by atoms with Crippen LogP contribution in [0.15, 0.2) is 30.3 Å². The largest absolute Gasteiger partial charge is 0.459 e. The Hall–Kier alpha value is -1.35. The van der Waals surface area contributed by atoms with Crippen LogP contribution in [-0.2, 0) is 4.74 Å². The summed E-state index contributed by atoms with van der Waals surface area (Å²) < 4.78 is 5.60. The lowest BCUT2D eigenvalue weighted by molar-refractivity contribution is 0.00587. The lowest BCUT2D eigenvalue weighted by Gasteiger charge is -2.39. The Bertz CT molecular complexity index is 414. The van der Waals surface area contributed by atoms with Crippen molar-refractivity contribution in [3.63, 3.8) is 0 Å². The number of carbonyl (C=O) groups is 1. The van der Waals surface area contributed by atoms with E-state index in [1.165, 1.54) is 0 Å². The third kappa shape index (κ3) is 3.33. The molecule has 2 atom stereocenters. The molecule has 0 saturated carbocycles. The number of nitrogens with one attached hydrogen (secondary N) is 1. The molecule has 2 rings (SSSR count). The number of piperidine rings is 1. The van der Waals surface area contributed by atoms with Gasteiger partial charge in [-0.15, -0.1) is 0 Å². The maximum atomic E-state index is 12.0. The number of rotatable bonds is 2. The highest BCUT2D eigenvalue weighted by atomic mass is 16.5. The highest BCUT2D eigenvalue weighted by Crippen LogP contribution is 2.25. The van der Waals surface area contributed by atoms with Crippen LogP contribution in [0.3, 0.4) is 0 Å². The first-order valence-corrected chi connectivity index (χ1v) is 6.50. The normalized spacial score (nSPS) is 26.6. The Balaban J connectivity index is 1.99. The number of hydrogen-bond acceptors (Lipinski definition) is 3. The van der Waals surface area contributed by atoms with Crippen LogP contribution in [0.1, 0.15) is 44.0 Å². The summed E-state index contributed by atoms with van der Waals surface area (Å²) in [5.41, 5.74) is 0.653. The Morgan fingerprint density at radius 1 is 1.33 bits per heavy atom. The predicted octanol–water partition coefficient (Wildman–Crippen LogP) is 2.76. The van der Waals surface area contributed by atoms with E-state index in [1.807, 2.05) is 18.2 Å². The monoisotopic (exact) mass is 247 g/mol. The summed E-state index contributed by atoms with van der Waals surface area (Å²) in [5, 5.41) is 3.51. The van der Waals surface area contributed by atoms with Gasteiger partial charge in [0.1, 0.15) is 6.10 Å². The molecule has 0 amide bonds. The van der Waals surface area contributed by atoms with E-state index in [-0.39, 0.29) is 17.6 Å². The van der Waals surface area contributed by atoms with Crippen LogP contribution in [0.25, 0.3) is 0 Å². The van der Waals surface area contributed by atoms with Gasteiger partial charge in [-0.1, -0.05) is 18.2 Å². The molecule has 1 aromatic rings. The number of esters is 1. The summed E-state index contributed by atoms with van der Waals surface area (Å²) in [6.07, 6.45) is 1.74. The topological polar surface area (TPSA) is 38.3 Å². The summed E-state index contributed by atoms with van der Waals surface area (Å²) in [6.45, 7) is 6.42. The van der Waals surface area contributed by atoms with Gasteiger partial charge in [0.2, 0.25) is 0 Å². The number of carbonyl (C=O) groups excluding carboxylic acids is 1. The van der Waals surface area contributed by atoms with Crippen LogP contribution in [0, 0.1) is 0 Å². The minimum Gasteiger partial charge on any atom is -0.459 e. The van der Waals surface area contributed by atoms with Gasteiger partial charge in [-0.05, 0) is 39.3 Å². The molecular formula is C15H21NO2. The van der Waals surface area contributed by atoms with E-state index < -0.39 is 0 Å². The molecule has 3 heteroatoms. The van der Waals surface area contributed by atoms with Crippen molar-refractivity contribution in [3.05, 3.63) is 35.9 Å². The SMILES string of the molecule is C[C@H]1C[C@H](OC(=O)c2ccccc2)CC(C)(C)N1. The van der Waals surface area contributed by atoms with Gasteiger partial charge in [0.15, 0.2) is 0 Å². The fraction of sp³-hybridized carbons (Fsp3) is 0.533. The Kier molecular flexibility index (Phi) is 3.71. The van der Waals surface area contributed by atoms with E-state index in [1.54, 1.807) is 12.1 Å². The predicted molar refractivity (Wildman–Crippen MR) is 71.6 cm³/mol. The summed E-state index contributed by atoms with van der Waals surface area (Å²) in [7, 11) is 0. The molecule has 0 aromatic heterocycles. The highest BCUT2D eigenvalue weighted by Gasteiger charge is 2.33. The smallest absolute Gasteiger partial charge is 0.338 e. The molecule has 0 spiro atoms. The van der Waals surface area contributed by atoms with Crippen LogP contribution >= 0.6 is 0 Å². The van der Waals surface area contributed by atoms with Crippen molar-refractivity contribution >= 4 is 5.97 Å². The second-order valence-corrected chi connectivity index (χ2v) is 5.76. The zero-order valence-electron chi connectivity index (χ0n) is 11.3. The lowest BCUT2D eigenvalue weighted by Crippen LogP contribution is -2.53. The van der Waals surface area contributed by atoms with Gasteiger partial charge in [0.25, 0.3) is 0 Å². The standard InChI is InChI=1S/C15H21NO2/c1-11-9-13(10-15(2,3)16-11)18-14(17)12-7-5-4-6-8-12/h4-8,11,13,16H,9-10H2,1-3H3/t11-,13-/m0/s1. The molecule has 1 fully saturated rings. The average Bonchev–Trinajstić information content (AvgIpc) is 2.27. The molecule has 0 aliphatic carbocycles. The second kappa shape index (κ2) is 5.11. The third-order valence-electron chi connectivity index (χ3n) is 3.27. The molecule has 0 bridgehead atoms. The highest BCUT2D eigenvalue weighted by molar-refractivity contribution is 5.89. The van der Waals surface area contributed by atoms with Crippen molar-refractivity contribution in [2.24, 2.45) is 0 Å². The zero-order valence-corrected chi connectivity index (χ0v) is 11.3. The summed E-state index contributed by atoms with van der Waals surface area (Å²) in [6, 6.07) is 9.56. The summed E-state index contributed by atoms with van der Waals surface area (Å²) in [4.78, 5) is 12.0. The van der Waals surface area contributed by atoms with E-state index in [4.69, 9.17) is 4.74 Å². The molecule has 1 heterocycles. The molecule has 1 saturated heterocycles. The Labute approximate surface area is 109 Å². The maximum Gasteiger partial charge on any atom is 0.338 e. The van der Waals surface area contributed by atoms with Gasteiger partial charge in [-0.3, -0.25) is 0 Å². The minimum atomic E-state index is -0.217. The van der Waals surface area contributed by atoms with Crippen molar-refractivity contribution in [1.29, 1.82) is 0 Å². The Morgan fingerprint density at radius 2 is 2.00 bits per heavy atom. The van der Waals surface area contributed by atoms with Crippen LogP contribution in [0.2, 0.25) is 0 Å². The van der Waals surface area contributed by atoms with E-state index in [2.05, 4.69) is 26.1 Å². The molecule has 98 valence electrons. The van der Waals surface area contributed by atoms with E-state index >= 15 is 0 Å². The molecule has 18 heavy (non-hydrogen) atoms. The van der Waals surface area contributed by atoms with Gasteiger partial charge in [0.05, 0.1) is 5.56 Å². The average molecular weight is 247 g/mol. The fourth-order valence-electron chi connectivity index (χ4n) is 2.72. The zero-order chi connectivity index (χ0) is 13.2. The molecule has 0 radical (unpaired) electrons. The van der Waals surface area contributed by atoms with E-state index in [0.29, 0.717) is 11.6 Å². The Morgan fingerprint density at radius 3 is 2.61 bits per heavy atom. The summed E-state index contributed by atoms with van der Waals surface area (Å²) in [5.74, 6) is -0.217. The van der Waals surface area contributed by atoms with Crippen LogP contribution in [0.5, 0.6) is 0 Å². The van der Waals surface area contributed by atoms with Crippen LogP contribution in [-0.4, -0.2) is 23.7 Å². The van der Waals surface area contributed by atoms with Gasteiger partial charge in [-0.2, -0.15) is 0 Å². The third-order valence-corrected chi connectivity index (χ3v) is 3.27. The summed E-state index contributed by atoms with van der Waals surface area (Å²) >= 11 is 0. The van der Waals surface area contributed by atoms with Crippen molar-refractivity contribution in [2.75, 3.05) is 0 Å². The minimum absolute atomic E-state index is 0.00366. The van der Waals surface area contributed by atoms with E-state index in [0.717, 1.165) is 12.8 Å². The molecule has 1 N–H and O–H groups in total. The number of benzene rings is 1. The molecular weight excluding hydrogens is 226 g/mol. The van der Waals surface area contributed by atoms with Gasteiger partial charge < -0.3 is 10.1 Å². The molecule has 1 aromatic carbocycles. The second-order valence-electron chi connectivity index (χ2n) is 5.76. The number of ether oxygens (including phenoxy) is 1. The number of hydrogen-bond donors (Lipinski definition) is 1. The fourth-order valence-corrected chi connectivity index (χ4v) is 2.72. The lowest BCUT2D eigenvalue weighted by atomic mass is 9.87. The van der Waals surface area contributed by atoms with E-state index in [9.17, 15) is 4.79 Å². The first kappa shape index (κ1) is 13.1. The quantitative estimate of drug-likeness (QED) is 0.817. The van der Waals surface area contributed by atoms with Gasteiger partial charge in [0, 0.05) is 18.0 Å². The van der Waals surface area contributed by atoms with Crippen molar-refractivity contribution in [1.82, 2.24) is 5.32 Å².